The van der Waals surface area contributed by atoms with Crippen molar-refractivity contribution in [2.45, 2.75) is 45.6 Å². The van der Waals surface area contributed by atoms with Crippen molar-refractivity contribution in [2.24, 2.45) is 11.3 Å². The number of imide groups is 1. The summed E-state index contributed by atoms with van der Waals surface area (Å²) in [6.07, 6.45) is 4.03. The first-order chi connectivity index (χ1) is 14.2. The zero-order chi connectivity index (χ0) is 21.5. The van der Waals surface area contributed by atoms with Gasteiger partial charge >= 0.3 is 6.03 Å². The predicted molar refractivity (Wildman–Crippen MR) is 113 cm³/mol. The molecule has 1 N–H and O–H groups in total. The Labute approximate surface area is 177 Å². The SMILES string of the molecule is C[C@H]1CC(C)(C)C[C@@]2(C1)NC(=O)N(CC(=O)N1CCN(c3ccccn3)CC1)C2=O. The van der Waals surface area contributed by atoms with E-state index < -0.39 is 11.6 Å². The number of nitrogens with zero attached hydrogens (tertiary/aromatic N) is 4. The zero-order valence-electron chi connectivity index (χ0n) is 18.1. The summed E-state index contributed by atoms with van der Waals surface area (Å²) in [5, 5.41) is 2.94. The number of carbonyl (C=O) groups is 3. The van der Waals surface area contributed by atoms with Crippen LogP contribution in [0.25, 0.3) is 0 Å². The van der Waals surface area contributed by atoms with Gasteiger partial charge in [0.05, 0.1) is 0 Å². The Hall–Kier alpha value is -2.64. The molecule has 1 aliphatic carbocycles. The summed E-state index contributed by atoms with van der Waals surface area (Å²) in [5.41, 5.74) is -0.890. The third kappa shape index (κ3) is 3.87. The second-order valence-corrected chi connectivity index (χ2v) is 9.81. The number of hydrogen-bond donors (Lipinski definition) is 1. The maximum Gasteiger partial charge on any atom is 0.325 e. The second-order valence-electron chi connectivity index (χ2n) is 9.81. The lowest BCUT2D eigenvalue weighted by atomic mass is 9.64. The highest BCUT2D eigenvalue weighted by atomic mass is 16.2. The maximum atomic E-state index is 13.2. The van der Waals surface area contributed by atoms with Crippen molar-refractivity contribution in [3.63, 3.8) is 0 Å². The van der Waals surface area contributed by atoms with Gasteiger partial charge in [0.25, 0.3) is 5.91 Å². The van der Waals surface area contributed by atoms with E-state index in [1.807, 2.05) is 18.2 Å². The highest BCUT2D eigenvalue weighted by Gasteiger charge is 2.56. The van der Waals surface area contributed by atoms with Crippen molar-refractivity contribution >= 4 is 23.7 Å². The molecule has 30 heavy (non-hydrogen) atoms. The van der Waals surface area contributed by atoms with Crippen LogP contribution in [0.4, 0.5) is 10.6 Å². The summed E-state index contributed by atoms with van der Waals surface area (Å²) >= 11 is 0. The molecule has 1 spiro atoms. The standard InChI is InChI=1S/C22H31N5O3/c1-16-12-21(2,3)15-22(13-16)19(29)27(20(30)24-22)14-18(28)26-10-8-25(9-11-26)17-6-4-5-7-23-17/h4-7,16H,8-15H2,1-3H3,(H,24,30)/t16-,22+/m0/s1. The van der Waals surface area contributed by atoms with Crippen molar-refractivity contribution in [3.05, 3.63) is 24.4 Å². The molecular formula is C22H31N5O3. The van der Waals surface area contributed by atoms with Crippen LogP contribution in [0.5, 0.6) is 0 Å². The fraction of sp³-hybridized carbons (Fsp3) is 0.636. The van der Waals surface area contributed by atoms with Crippen LogP contribution in [-0.2, 0) is 9.59 Å². The molecule has 1 aromatic rings. The minimum absolute atomic E-state index is 0.0254. The van der Waals surface area contributed by atoms with Gasteiger partial charge in [0.15, 0.2) is 0 Å². The molecule has 3 aliphatic rings. The largest absolute Gasteiger partial charge is 0.353 e. The van der Waals surface area contributed by atoms with E-state index in [0.717, 1.165) is 17.1 Å². The van der Waals surface area contributed by atoms with Gasteiger partial charge in [-0.25, -0.2) is 9.78 Å². The Balaban J connectivity index is 1.38. The molecule has 8 nitrogen and oxygen atoms in total. The van der Waals surface area contributed by atoms with Crippen LogP contribution in [-0.4, -0.2) is 70.9 Å². The van der Waals surface area contributed by atoms with Crippen molar-refractivity contribution < 1.29 is 14.4 Å². The molecule has 8 heteroatoms. The normalized spacial score (nSPS) is 28.8. The van der Waals surface area contributed by atoms with Crippen LogP contribution in [0.2, 0.25) is 0 Å². The third-order valence-corrected chi connectivity index (χ3v) is 6.52. The first-order valence-electron chi connectivity index (χ1n) is 10.8. The molecule has 2 atom stereocenters. The van der Waals surface area contributed by atoms with Crippen molar-refractivity contribution in [3.8, 4) is 0 Å². The molecule has 1 aromatic heterocycles. The maximum absolute atomic E-state index is 13.2. The quantitative estimate of drug-likeness (QED) is 0.765. The number of urea groups is 1. The molecule has 0 aromatic carbocycles. The van der Waals surface area contributed by atoms with Gasteiger partial charge < -0.3 is 15.1 Å². The molecule has 0 bridgehead atoms. The van der Waals surface area contributed by atoms with Crippen LogP contribution in [0.15, 0.2) is 24.4 Å². The fourth-order valence-electron chi connectivity index (χ4n) is 5.61. The highest BCUT2D eigenvalue weighted by molar-refractivity contribution is 6.09. The first kappa shape index (κ1) is 20.6. The Bertz CT molecular complexity index is 834. The van der Waals surface area contributed by atoms with Gasteiger partial charge in [0.1, 0.15) is 17.9 Å². The molecule has 0 unspecified atom stereocenters. The molecule has 162 valence electrons. The van der Waals surface area contributed by atoms with E-state index in [4.69, 9.17) is 0 Å². The number of amides is 4. The first-order valence-corrected chi connectivity index (χ1v) is 10.8. The van der Waals surface area contributed by atoms with Gasteiger partial charge in [0, 0.05) is 32.4 Å². The van der Waals surface area contributed by atoms with Crippen LogP contribution < -0.4 is 10.2 Å². The summed E-state index contributed by atoms with van der Waals surface area (Å²) in [5.74, 6) is 0.815. The topological polar surface area (TPSA) is 85.8 Å². The number of aromatic nitrogens is 1. The molecule has 2 saturated heterocycles. The number of anilines is 1. The van der Waals surface area contributed by atoms with Crippen molar-refractivity contribution in [1.29, 1.82) is 0 Å². The van der Waals surface area contributed by atoms with Crippen LogP contribution in [0.3, 0.4) is 0 Å². The molecular weight excluding hydrogens is 382 g/mol. The van der Waals surface area contributed by atoms with E-state index >= 15 is 0 Å². The van der Waals surface area contributed by atoms with E-state index in [9.17, 15) is 14.4 Å². The lowest BCUT2D eigenvalue weighted by molar-refractivity contribution is -0.140. The number of piperazine rings is 1. The molecule has 3 heterocycles. The van der Waals surface area contributed by atoms with Crippen molar-refractivity contribution in [2.75, 3.05) is 37.6 Å². The number of nitrogens with one attached hydrogen (secondary N) is 1. The van der Waals surface area contributed by atoms with Gasteiger partial charge in [-0.3, -0.25) is 14.5 Å². The van der Waals surface area contributed by atoms with E-state index in [-0.39, 0.29) is 23.8 Å². The monoisotopic (exact) mass is 413 g/mol. The lowest BCUT2D eigenvalue weighted by Gasteiger charge is -2.43. The molecule has 3 fully saturated rings. The van der Waals surface area contributed by atoms with Gasteiger partial charge in [-0.15, -0.1) is 0 Å². The number of rotatable bonds is 3. The Morgan fingerprint density at radius 3 is 2.53 bits per heavy atom. The van der Waals surface area contributed by atoms with Crippen LogP contribution >= 0.6 is 0 Å². The summed E-state index contributed by atoms with van der Waals surface area (Å²) in [6.45, 7) is 8.67. The van der Waals surface area contributed by atoms with Gasteiger partial charge in [-0.05, 0) is 42.7 Å². The molecule has 1 saturated carbocycles. The number of hydrogen-bond acceptors (Lipinski definition) is 5. The smallest absolute Gasteiger partial charge is 0.325 e. The number of carbonyl (C=O) groups excluding carboxylic acids is 3. The van der Waals surface area contributed by atoms with Gasteiger partial charge in [-0.2, -0.15) is 0 Å². The minimum atomic E-state index is -0.865. The average molecular weight is 414 g/mol. The van der Waals surface area contributed by atoms with E-state index in [1.54, 1.807) is 11.1 Å². The Kier molecular flexibility index (Phi) is 5.20. The zero-order valence-corrected chi connectivity index (χ0v) is 18.1. The Morgan fingerprint density at radius 1 is 1.17 bits per heavy atom. The third-order valence-electron chi connectivity index (χ3n) is 6.52. The van der Waals surface area contributed by atoms with Crippen LogP contribution in [0.1, 0.15) is 40.0 Å². The van der Waals surface area contributed by atoms with E-state index in [2.05, 4.69) is 36.0 Å². The van der Waals surface area contributed by atoms with Gasteiger partial charge in [0.2, 0.25) is 5.91 Å². The second kappa shape index (κ2) is 7.56. The summed E-state index contributed by atoms with van der Waals surface area (Å²) in [6, 6.07) is 5.34. The van der Waals surface area contributed by atoms with Crippen LogP contribution in [0, 0.1) is 11.3 Å². The van der Waals surface area contributed by atoms with E-state index in [1.165, 1.54) is 0 Å². The molecule has 0 radical (unpaired) electrons. The summed E-state index contributed by atoms with van der Waals surface area (Å²) in [7, 11) is 0. The molecule has 4 amide bonds. The number of pyridine rings is 1. The van der Waals surface area contributed by atoms with Crippen molar-refractivity contribution in [1.82, 2.24) is 20.1 Å². The fourth-order valence-corrected chi connectivity index (χ4v) is 5.61. The van der Waals surface area contributed by atoms with Gasteiger partial charge in [-0.1, -0.05) is 26.8 Å². The minimum Gasteiger partial charge on any atom is -0.353 e. The lowest BCUT2D eigenvalue weighted by Crippen LogP contribution is -2.55. The Morgan fingerprint density at radius 2 is 1.90 bits per heavy atom. The predicted octanol–water partition coefficient (Wildman–Crippen LogP) is 1.87. The summed E-state index contributed by atoms with van der Waals surface area (Å²) in [4.78, 5) is 48.1. The van der Waals surface area contributed by atoms with E-state index in [0.29, 0.717) is 44.9 Å². The molecule has 2 aliphatic heterocycles. The average Bonchev–Trinajstić information content (AvgIpc) is 2.90. The molecule has 4 rings (SSSR count). The highest BCUT2D eigenvalue weighted by Crippen LogP contribution is 2.46. The summed E-state index contributed by atoms with van der Waals surface area (Å²) < 4.78 is 0.